The second-order valence-electron chi connectivity index (χ2n) is 5.17. The van der Waals surface area contributed by atoms with Crippen molar-refractivity contribution in [1.29, 1.82) is 0 Å². The van der Waals surface area contributed by atoms with Gasteiger partial charge in [-0.2, -0.15) is 0 Å². The molecule has 0 N–H and O–H groups in total. The zero-order valence-corrected chi connectivity index (χ0v) is 11.7. The quantitative estimate of drug-likeness (QED) is 0.709. The molecular weight excluding hydrogens is 244 g/mol. The van der Waals surface area contributed by atoms with Gasteiger partial charge >= 0.3 is 0 Å². The molecule has 0 radical (unpaired) electrons. The molecule has 0 bridgehead atoms. The Bertz CT molecular complexity index is 692. The number of nitrogens with zero attached hydrogens (tertiary/aromatic N) is 2. The summed E-state index contributed by atoms with van der Waals surface area (Å²) in [5.74, 6) is 0. The molecule has 1 aromatic heterocycles. The van der Waals surface area contributed by atoms with Gasteiger partial charge in [0.2, 0.25) is 0 Å². The van der Waals surface area contributed by atoms with Crippen LogP contribution in [0.3, 0.4) is 0 Å². The van der Waals surface area contributed by atoms with Gasteiger partial charge in [-0.25, -0.2) is 0 Å². The molecule has 0 atom stereocenters. The largest absolute Gasteiger partial charge is 0.296 e. The van der Waals surface area contributed by atoms with Crippen molar-refractivity contribution in [3.8, 4) is 0 Å². The highest BCUT2D eigenvalue weighted by molar-refractivity contribution is 5.82. The van der Waals surface area contributed by atoms with E-state index >= 15 is 0 Å². The van der Waals surface area contributed by atoms with E-state index in [0.29, 0.717) is 0 Å². The van der Waals surface area contributed by atoms with Crippen molar-refractivity contribution in [3.05, 3.63) is 78.1 Å². The molecule has 3 rings (SSSR count). The molecule has 0 aliphatic heterocycles. The van der Waals surface area contributed by atoms with E-state index in [1.54, 1.807) is 0 Å². The van der Waals surface area contributed by atoms with Gasteiger partial charge in [0.05, 0.1) is 5.69 Å². The van der Waals surface area contributed by atoms with Gasteiger partial charge in [0.15, 0.2) is 0 Å². The zero-order chi connectivity index (χ0) is 13.8. The van der Waals surface area contributed by atoms with Crippen molar-refractivity contribution in [3.63, 3.8) is 0 Å². The summed E-state index contributed by atoms with van der Waals surface area (Å²) in [6, 6.07) is 21.2. The Labute approximate surface area is 119 Å². The van der Waals surface area contributed by atoms with Gasteiger partial charge in [0, 0.05) is 19.3 Å². The monoisotopic (exact) mass is 262 g/mol. The first kappa shape index (κ1) is 12.8. The lowest BCUT2D eigenvalue weighted by atomic mass is 10.1. The number of hydrogen-bond acceptors (Lipinski definition) is 2. The van der Waals surface area contributed by atoms with E-state index in [9.17, 15) is 0 Å². The van der Waals surface area contributed by atoms with Gasteiger partial charge in [-0.3, -0.25) is 9.88 Å². The zero-order valence-electron chi connectivity index (χ0n) is 11.7. The second-order valence-corrected chi connectivity index (χ2v) is 5.17. The van der Waals surface area contributed by atoms with Crippen LogP contribution in [0.2, 0.25) is 0 Å². The third kappa shape index (κ3) is 3.03. The molecule has 2 heteroatoms. The van der Waals surface area contributed by atoms with Crippen LogP contribution in [0.15, 0.2) is 66.9 Å². The number of fused-ring (bicyclic) bond motifs is 1. The van der Waals surface area contributed by atoms with Gasteiger partial charge in [-0.15, -0.1) is 0 Å². The minimum Gasteiger partial charge on any atom is -0.296 e. The third-order valence-corrected chi connectivity index (χ3v) is 3.42. The molecule has 20 heavy (non-hydrogen) atoms. The van der Waals surface area contributed by atoms with Crippen molar-refractivity contribution in [2.24, 2.45) is 0 Å². The highest BCUT2D eigenvalue weighted by Crippen LogP contribution is 2.17. The maximum Gasteiger partial charge on any atom is 0.0543 e. The molecule has 0 fully saturated rings. The molecule has 2 nitrogen and oxygen atoms in total. The minimum absolute atomic E-state index is 0.869. The Morgan fingerprint density at radius 1 is 0.850 bits per heavy atom. The smallest absolute Gasteiger partial charge is 0.0543 e. The Morgan fingerprint density at radius 3 is 2.45 bits per heavy atom. The molecule has 1 heterocycles. The Kier molecular flexibility index (Phi) is 3.75. The summed E-state index contributed by atoms with van der Waals surface area (Å²) in [6.45, 7) is 1.80. The highest BCUT2D eigenvalue weighted by Gasteiger charge is 2.03. The van der Waals surface area contributed by atoms with E-state index in [0.717, 1.165) is 18.8 Å². The average molecular weight is 262 g/mol. The average Bonchev–Trinajstić information content (AvgIpc) is 2.48. The fourth-order valence-corrected chi connectivity index (χ4v) is 2.47. The fourth-order valence-electron chi connectivity index (χ4n) is 2.47. The Hall–Kier alpha value is -2.19. The number of rotatable bonds is 4. The maximum absolute atomic E-state index is 4.37. The normalized spacial score (nSPS) is 11.1. The van der Waals surface area contributed by atoms with Crippen LogP contribution in [0.25, 0.3) is 10.8 Å². The minimum atomic E-state index is 0.869. The predicted octanol–water partition coefficient (Wildman–Crippen LogP) is 3.87. The summed E-state index contributed by atoms with van der Waals surface area (Å²) in [5.41, 5.74) is 2.44. The molecule has 100 valence electrons. The standard InChI is InChI=1S/C18H18N2/c1-20(14-18-8-4-5-11-19-18)13-15-9-10-16-6-2-3-7-17(16)12-15/h2-12H,13-14H2,1H3. The molecular formula is C18H18N2. The van der Waals surface area contributed by atoms with E-state index in [1.807, 2.05) is 18.3 Å². The molecule has 2 aromatic carbocycles. The van der Waals surface area contributed by atoms with Crippen LogP contribution < -0.4 is 0 Å². The highest BCUT2D eigenvalue weighted by atomic mass is 15.1. The molecule has 0 unspecified atom stereocenters. The van der Waals surface area contributed by atoms with Crippen LogP contribution in [0.1, 0.15) is 11.3 Å². The van der Waals surface area contributed by atoms with E-state index in [-0.39, 0.29) is 0 Å². The van der Waals surface area contributed by atoms with Crippen LogP contribution >= 0.6 is 0 Å². The first-order chi connectivity index (χ1) is 9.81. The first-order valence-corrected chi connectivity index (χ1v) is 6.87. The van der Waals surface area contributed by atoms with Gasteiger partial charge in [0.1, 0.15) is 0 Å². The van der Waals surface area contributed by atoms with Gasteiger partial charge in [0.25, 0.3) is 0 Å². The van der Waals surface area contributed by atoms with Crippen molar-refractivity contribution in [2.75, 3.05) is 7.05 Å². The molecule has 0 amide bonds. The van der Waals surface area contributed by atoms with Crippen molar-refractivity contribution in [1.82, 2.24) is 9.88 Å². The molecule has 0 saturated carbocycles. The molecule has 0 saturated heterocycles. The van der Waals surface area contributed by atoms with Crippen LogP contribution in [0.4, 0.5) is 0 Å². The number of pyridine rings is 1. The number of hydrogen-bond donors (Lipinski definition) is 0. The Morgan fingerprint density at radius 2 is 1.65 bits per heavy atom. The van der Waals surface area contributed by atoms with Crippen LogP contribution in [-0.4, -0.2) is 16.9 Å². The van der Waals surface area contributed by atoms with Gasteiger partial charge in [-0.1, -0.05) is 42.5 Å². The number of benzene rings is 2. The molecule has 0 aliphatic carbocycles. The van der Waals surface area contributed by atoms with Crippen LogP contribution in [0, 0.1) is 0 Å². The summed E-state index contributed by atoms with van der Waals surface area (Å²) < 4.78 is 0. The summed E-state index contributed by atoms with van der Waals surface area (Å²) in [5, 5.41) is 2.60. The third-order valence-electron chi connectivity index (χ3n) is 3.42. The maximum atomic E-state index is 4.37. The summed E-state index contributed by atoms with van der Waals surface area (Å²) in [4.78, 5) is 6.65. The molecule has 0 aliphatic rings. The molecule has 3 aromatic rings. The van der Waals surface area contributed by atoms with E-state index in [2.05, 4.69) is 65.5 Å². The van der Waals surface area contributed by atoms with E-state index in [1.165, 1.54) is 16.3 Å². The van der Waals surface area contributed by atoms with Crippen molar-refractivity contribution >= 4 is 10.8 Å². The predicted molar refractivity (Wildman–Crippen MR) is 83.4 cm³/mol. The fraction of sp³-hybridized carbons (Fsp3) is 0.167. The van der Waals surface area contributed by atoms with Gasteiger partial charge in [-0.05, 0) is 41.6 Å². The van der Waals surface area contributed by atoms with Crippen molar-refractivity contribution in [2.45, 2.75) is 13.1 Å². The lowest BCUT2D eigenvalue weighted by Crippen LogP contribution is -2.17. The SMILES string of the molecule is CN(Cc1ccc2ccccc2c1)Cc1ccccn1. The van der Waals surface area contributed by atoms with Crippen molar-refractivity contribution < 1.29 is 0 Å². The van der Waals surface area contributed by atoms with Crippen LogP contribution in [-0.2, 0) is 13.1 Å². The summed E-state index contributed by atoms with van der Waals surface area (Å²) in [7, 11) is 2.13. The lowest BCUT2D eigenvalue weighted by Gasteiger charge is -2.16. The lowest BCUT2D eigenvalue weighted by molar-refractivity contribution is 0.315. The Balaban J connectivity index is 1.72. The summed E-state index contributed by atoms with van der Waals surface area (Å²) >= 11 is 0. The topological polar surface area (TPSA) is 16.1 Å². The second kappa shape index (κ2) is 5.85. The van der Waals surface area contributed by atoms with E-state index in [4.69, 9.17) is 0 Å². The number of aromatic nitrogens is 1. The van der Waals surface area contributed by atoms with Gasteiger partial charge < -0.3 is 0 Å². The molecule has 0 spiro atoms. The van der Waals surface area contributed by atoms with E-state index < -0.39 is 0 Å². The van der Waals surface area contributed by atoms with Crippen LogP contribution in [0.5, 0.6) is 0 Å². The summed E-state index contributed by atoms with van der Waals surface area (Å²) in [6.07, 6.45) is 1.85. The first-order valence-electron chi connectivity index (χ1n) is 6.87.